The minimum atomic E-state index is 0.806. The fraction of sp³-hybridized carbons (Fsp3) is 0.600. The highest BCUT2D eigenvalue weighted by Crippen LogP contribution is 2.22. The number of anilines is 1. The summed E-state index contributed by atoms with van der Waals surface area (Å²) in [6.07, 6.45) is 9.48. The number of hydrogen-bond donors (Lipinski definition) is 1. The van der Waals surface area contributed by atoms with Crippen molar-refractivity contribution in [2.24, 2.45) is 0 Å². The fourth-order valence-corrected chi connectivity index (χ4v) is 3.00. The molecule has 1 nitrogen and oxygen atoms in total. The van der Waals surface area contributed by atoms with Gasteiger partial charge < -0.3 is 5.32 Å². The molecule has 0 aliphatic carbocycles. The van der Waals surface area contributed by atoms with Gasteiger partial charge in [-0.15, -0.1) is 0 Å². The van der Waals surface area contributed by atoms with Crippen molar-refractivity contribution in [2.75, 3.05) is 11.9 Å². The molecule has 3 heteroatoms. The number of unbranched alkanes of at least 4 members (excludes halogenated alkanes) is 6. The molecule has 0 aromatic heterocycles. The molecular weight excluding hydrogens is 357 g/mol. The molecule has 0 fully saturated rings. The lowest BCUT2D eigenvalue weighted by Crippen LogP contribution is -2.02. The van der Waals surface area contributed by atoms with Crippen LogP contribution in [0.4, 0.5) is 5.69 Å². The predicted molar refractivity (Wildman–Crippen MR) is 90.7 cm³/mol. The lowest BCUT2D eigenvalue weighted by atomic mass is 10.1. The van der Waals surface area contributed by atoms with Crippen LogP contribution in [0.3, 0.4) is 0 Å². The molecule has 0 saturated heterocycles. The molecule has 18 heavy (non-hydrogen) atoms. The van der Waals surface area contributed by atoms with Crippen LogP contribution in [0.1, 0.15) is 51.9 Å². The van der Waals surface area contributed by atoms with Crippen molar-refractivity contribution in [3.8, 4) is 0 Å². The second kappa shape index (κ2) is 9.90. The zero-order valence-corrected chi connectivity index (χ0v) is 14.1. The van der Waals surface area contributed by atoms with Gasteiger partial charge in [0.25, 0.3) is 0 Å². The van der Waals surface area contributed by atoms with Gasteiger partial charge in [0, 0.05) is 20.8 Å². The van der Waals surface area contributed by atoms with Gasteiger partial charge in [-0.3, -0.25) is 0 Å². The van der Waals surface area contributed by atoms with Crippen molar-refractivity contribution in [2.45, 2.75) is 51.9 Å². The van der Waals surface area contributed by atoms with Gasteiger partial charge >= 0.3 is 0 Å². The average molecular weight is 380 g/mol. The molecule has 0 spiro atoms. The molecule has 0 bridgehead atoms. The molecule has 1 aromatic rings. The van der Waals surface area contributed by atoms with E-state index in [-0.39, 0.29) is 0 Å². The van der Waals surface area contributed by atoms with Crippen LogP contribution in [-0.2, 0) is 0 Å². The highest BCUT2D eigenvalue weighted by Gasteiger charge is 1.99. The molecule has 102 valence electrons. The van der Waals surface area contributed by atoms with Gasteiger partial charge in [-0.25, -0.2) is 0 Å². The SMILES string of the molecule is CCCCCCCCCNc1ccc(Cl)cc1I. The molecule has 0 amide bonds. The van der Waals surface area contributed by atoms with Gasteiger partial charge in [-0.1, -0.05) is 57.0 Å². The normalized spacial score (nSPS) is 10.6. The molecule has 0 aliphatic rings. The van der Waals surface area contributed by atoms with Crippen molar-refractivity contribution in [1.29, 1.82) is 0 Å². The molecule has 1 N–H and O–H groups in total. The first-order valence-corrected chi connectivity index (χ1v) is 8.38. The Bertz CT molecular complexity index is 341. The smallest absolute Gasteiger partial charge is 0.0476 e. The molecule has 1 rings (SSSR count). The first-order valence-electron chi connectivity index (χ1n) is 6.93. The van der Waals surface area contributed by atoms with E-state index in [9.17, 15) is 0 Å². The van der Waals surface area contributed by atoms with E-state index in [1.807, 2.05) is 12.1 Å². The third-order valence-electron chi connectivity index (χ3n) is 3.03. The number of benzene rings is 1. The van der Waals surface area contributed by atoms with E-state index in [0.717, 1.165) is 11.6 Å². The van der Waals surface area contributed by atoms with Crippen LogP contribution in [0.2, 0.25) is 5.02 Å². The third kappa shape index (κ3) is 6.83. The second-order valence-electron chi connectivity index (χ2n) is 4.67. The Hall–Kier alpha value is 0.0400. The Balaban J connectivity index is 2.07. The predicted octanol–water partition coefficient (Wildman–Crippen LogP) is 6.11. The van der Waals surface area contributed by atoms with Crippen LogP contribution in [0, 0.1) is 3.57 Å². The van der Waals surface area contributed by atoms with E-state index in [1.54, 1.807) is 0 Å². The Kier molecular flexibility index (Phi) is 8.86. The van der Waals surface area contributed by atoms with Gasteiger partial charge in [0.05, 0.1) is 0 Å². The van der Waals surface area contributed by atoms with E-state index in [2.05, 4.69) is 40.9 Å². The van der Waals surface area contributed by atoms with Gasteiger partial charge in [0.2, 0.25) is 0 Å². The summed E-state index contributed by atoms with van der Waals surface area (Å²) in [7, 11) is 0. The number of rotatable bonds is 9. The van der Waals surface area contributed by atoms with E-state index >= 15 is 0 Å². The van der Waals surface area contributed by atoms with Gasteiger partial charge in [0.15, 0.2) is 0 Å². The standard InChI is InChI=1S/C15H23ClIN/c1-2-3-4-5-6-7-8-11-18-15-10-9-13(16)12-14(15)17/h9-10,12,18H,2-8,11H2,1H3. The molecule has 0 unspecified atom stereocenters. The maximum absolute atomic E-state index is 5.93. The Morgan fingerprint density at radius 2 is 1.72 bits per heavy atom. The van der Waals surface area contributed by atoms with Crippen molar-refractivity contribution >= 4 is 39.9 Å². The molecule has 0 radical (unpaired) electrons. The average Bonchev–Trinajstić information content (AvgIpc) is 2.35. The van der Waals surface area contributed by atoms with Crippen LogP contribution in [-0.4, -0.2) is 6.54 Å². The topological polar surface area (TPSA) is 12.0 Å². The quantitative estimate of drug-likeness (QED) is 0.403. The second-order valence-corrected chi connectivity index (χ2v) is 6.27. The van der Waals surface area contributed by atoms with Gasteiger partial charge in [-0.2, -0.15) is 0 Å². The maximum atomic E-state index is 5.93. The Morgan fingerprint density at radius 3 is 2.39 bits per heavy atom. The third-order valence-corrected chi connectivity index (χ3v) is 4.15. The summed E-state index contributed by atoms with van der Waals surface area (Å²) in [6.45, 7) is 3.32. The fourth-order valence-electron chi connectivity index (χ4n) is 1.94. The van der Waals surface area contributed by atoms with E-state index in [4.69, 9.17) is 11.6 Å². The summed E-state index contributed by atoms with van der Waals surface area (Å²) in [5.41, 5.74) is 1.20. The number of nitrogens with one attached hydrogen (secondary N) is 1. The molecule has 0 atom stereocenters. The molecule has 0 aliphatic heterocycles. The monoisotopic (exact) mass is 379 g/mol. The summed E-state index contributed by atoms with van der Waals surface area (Å²) in [5, 5.41) is 4.28. The first-order chi connectivity index (χ1) is 8.74. The lowest BCUT2D eigenvalue weighted by Gasteiger charge is -2.08. The number of hydrogen-bond acceptors (Lipinski definition) is 1. The van der Waals surface area contributed by atoms with E-state index in [1.165, 1.54) is 54.2 Å². The van der Waals surface area contributed by atoms with Crippen LogP contribution >= 0.6 is 34.2 Å². The van der Waals surface area contributed by atoms with Crippen molar-refractivity contribution in [3.63, 3.8) is 0 Å². The van der Waals surface area contributed by atoms with E-state index in [0.29, 0.717) is 0 Å². The summed E-state index contributed by atoms with van der Waals surface area (Å²) in [5.74, 6) is 0. The van der Waals surface area contributed by atoms with Gasteiger partial charge in [-0.05, 0) is 47.2 Å². The van der Waals surface area contributed by atoms with Crippen LogP contribution in [0.5, 0.6) is 0 Å². The van der Waals surface area contributed by atoms with Crippen LogP contribution in [0.15, 0.2) is 18.2 Å². The summed E-state index contributed by atoms with van der Waals surface area (Å²) in [6, 6.07) is 6.00. The summed E-state index contributed by atoms with van der Waals surface area (Å²) < 4.78 is 1.20. The Labute approximate surface area is 130 Å². The number of halogens is 2. The van der Waals surface area contributed by atoms with E-state index < -0.39 is 0 Å². The highest BCUT2D eigenvalue weighted by molar-refractivity contribution is 14.1. The van der Waals surface area contributed by atoms with Crippen molar-refractivity contribution in [1.82, 2.24) is 0 Å². The van der Waals surface area contributed by atoms with Crippen LogP contribution in [0.25, 0.3) is 0 Å². The molecule has 0 heterocycles. The van der Waals surface area contributed by atoms with Gasteiger partial charge in [0.1, 0.15) is 0 Å². The zero-order chi connectivity index (χ0) is 13.2. The minimum Gasteiger partial charge on any atom is -0.384 e. The minimum absolute atomic E-state index is 0.806. The molecule has 0 saturated carbocycles. The highest BCUT2D eigenvalue weighted by atomic mass is 127. The zero-order valence-electron chi connectivity index (χ0n) is 11.1. The largest absolute Gasteiger partial charge is 0.384 e. The lowest BCUT2D eigenvalue weighted by molar-refractivity contribution is 0.596. The molecule has 1 aromatic carbocycles. The van der Waals surface area contributed by atoms with Crippen molar-refractivity contribution < 1.29 is 0 Å². The molecular formula is C15H23ClIN. The Morgan fingerprint density at radius 1 is 1.06 bits per heavy atom. The maximum Gasteiger partial charge on any atom is 0.0476 e. The summed E-state index contributed by atoms with van der Waals surface area (Å²) in [4.78, 5) is 0. The summed E-state index contributed by atoms with van der Waals surface area (Å²) >= 11 is 8.25. The van der Waals surface area contributed by atoms with Crippen molar-refractivity contribution in [3.05, 3.63) is 26.8 Å². The first kappa shape index (κ1) is 16.1. The van der Waals surface area contributed by atoms with Crippen LogP contribution < -0.4 is 5.32 Å².